The first-order valence-corrected chi connectivity index (χ1v) is 9.18. The molecule has 0 spiro atoms. The monoisotopic (exact) mass is 345 g/mol. The van der Waals surface area contributed by atoms with Crippen molar-refractivity contribution < 1.29 is 9.53 Å². The quantitative estimate of drug-likeness (QED) is 0.901. The number of nitrogens with zero attached hydrogens (tertiary/aromatic N) is 2. The highest BCUT2D eigenvalue weighted by atomic mass is 32.1. The highest BCUT2D eigenvalue weighted by Crippen LogP contribution is 2.24. The summed E-state index contributed by atoms with van der Waals surface area (Å²) >= 11 is 1.55. The number of ether oxygens (including phenoxy) is 1. The fraction of sp³-hybridized carbons (Fsp3) is 0.444. The highest BCUT2D eigenvalue weighted by molar-refractivity contribution is 7.14. The van der Waals surface area contributed by atoms with Crippen LogP contribution in [0.15, 0.2) is 24.4 Å². The minimum absolute atomic E-state index is 0.0635. The van der Waals surface area contributed by atoms with Crippen LogP contribution in [0.5, 0.6) is 0 Å². The standard InChI is InChI=1S/C18H23N3O2S/c1-3-4-14-11-16(24-13(14)2)18(22)20-15-5-6-17(19-12-15)21-7-9-23-10-8-21/h5-6,11-12H,3-4,7-10H2,1-2H3,(H,20,22). The molecule has 3 heterocycles. The van der Waals surface area contributed by atoms with Gasteiger partial charge in [-0.25, -0.2) is 4.98 Å². The lowest BCUT2D eigenvalue weighted by Crippen LogP contribution is -2.36. The number of anilines is 2. The van der Waals surface area contributed by atoms with Gasteiger partial charge in [0, 0.05) is 18.0 Å². The molecular formula is C18H23N3O2S. The molecule has 3 rings (SSSR count). The summed E-state index contributed by atoms with van der Waals surface area (Å²) in [6.07, 6.45) is 3.83. The van der Waals surface area contributed by atoms with E-state index in [1.54, 1.807) is 17.5 Å². The molecular weight excluding hydrogens is 322 g/mol. The lowest BCUT2D eigenvalue weighted by atomic mass is 10.1. The average Bonchev–Trinajstić information content (AvgIpc) is 2.98. The van der Waals surface area contributed by atoms with Gasteiger partial charge in [-0.15, -0.1) is 11.3 Å². The van der Waals surface area contributed by atoms with Crippen LogP contribution in [-0.4, -0.2) is 37.2 Å². The topological polar surface area (TPSA) is 54.5 Å². The minimum Gasteiger partial charge on any atom is -0.378 e. The van der Waals surface area contributed by atoms with Crippen LogP contribution in [0.1, 0.15) is 33.5 Å². The van der Waals surface area contributed by atoms with Gasteiger partial charge in [0.15, 0.2) is 0 Å². The van der Waals surface area contributed by atoms with E-state index in [2.05, 4.69) is 29.0 Å². The van der Waals surface area contributed by atoms with Gasteiger partial charge in [0.2, 0.25) is 0 Å². The van der Waals surface area contributed by atoms with Gasteiger partial charge in [-0.2, -0.15) is 0 Å². The number of pyridine rings is 1. The number of morpholine rings is 1. The number of aryl methyl sites for hydroxylation is 2. The molecule has 0 aliphatic carbocycles. The van der Waals surface area contributed by atoms with E-state index in [1.807, 2.05) is 18.2 Å². The van der Waals surface area contributed by atoms with E-state index in [9.17, 15) is 4.79 Å². The molecule has 1 aliphatic rings. The largest absolute Gasteiger partial charge is 0.378 e. The summed E-state index contributed by atoms with van der Waals surface area (Å²) in [5.74, 6) is 0.861. The third-order valence-electron chi connectivity index (χ3n) is 4.10. The van der Waals surface area contributed by atoms with E-state index >= 15 is 0 Å². The van der Waals surface area contributed by atoms with Gasteiger partial charge in [-0.1, -0.05) is 13.3 Å². The summed E-state index contributed by atoms with van der Waals surface area (Å²) in [6.45, 7) is 7.40. The van der Waals surface area contributed by atoms with Gasteiger partial charge in [0.25, 0.3) is 5.91 Å². The fourth-order valence-electron chi connectivity index (χ4n) is 2.78. The molecule has 2 aromatic heterocycles. The molecule has 1 amide bonds. The molecule has 6 heteroatoms. The van der Waals surface area contributed by atoms with Gasteiger partial charge < -0.3 is 15.0 Å². The molecule has 2 aromatic rings. The summed E-state index contributed by atoms with van der Waals surface area (Å²) in [6, 6.07) is 5.86. The third kappa shape index (κ3) is 3.94. The summed E-state index contributed by atoms with van der Waals surface area (Å²) in [5.41, 5.74) is 1.99. The Labute approximate surface area is 146 Å². The zero-order chi connectivity index (χ0) is 16.9. The van der Waals surface area contributed by atoms with Crippen LogP contribution in [0.25, 0.3) is 0 Å². The first-order valence-electron chi connectivity index (χ1n) is 8.36. The molecule has 1 fully saturated rings. The maximum atomic E-state index is 12.4. The van der Waals surface area contributed by atoms with Crippen LogP contribution in [0.2, 0.25) is 0 Å². The lowest BCUT2D eigenvalue weighted by Gasteiger charge is -2.27. The van der Waals surface area contributed by atoms with E-state index in [0.29, 0.717) is 0 Å². The zero-order valence-electron chi connectivity index (χ0n) is 14.2. The van der Waals surface area contributed by atoms with Gasteiger partial charge >= 0.3 is 0 Å². The zero-order valence-corrected chi connectivity index (χ0v) is 15.0. The molecule has 1 saturated heterocycles. The summed E-state index contributed by atoms with van der Waals surface area (Å²) in [5, 5.41) is 2.94. The van der Waals surface area contributed by atoms with Gasteiger partial charge in [-0.3, -0.25) is 4.79 Å². The second-order valence-corrected chi connectivity index (χ2v) is 7.16. The number of hydrogen-bond acceptors (Lipinski definition) is 5. The molecule has 0 radical (unpaired) electrons. The second-order valence-electron chi connectivity index (χ2n) is 5.90. The molecule has 0 atom stereocenters. The summed E-state index contributed by atoms with van der Waals surface area (Å²) < 4.78 is 5.35. The van der Waals surface area contributed by atoms with E-state index in [1.165, 1.54) is 10.4 Å². The maximum Gasteiger partial charge on any atom is 0.265 e. The number of aromatic nitrogens is 1. The lowest BCUT2D eigenvalue weighted by molar-refractivity contribution is 0.103. The second kappa shape index (κ2) is 7.77. The van der Waals surface area contributed by atoms with Gasteiger partial charge in [0.1, 0.15) is 5.82 Å². The van der Waals surface area contributed by atoms with Crippen molar-refractivity contribution in [2.75, 3.05) is 36.5 Å². The molecule has 0 aromatic carbocycles. The molecule has 5 nitrogen and oxygen atoms in total. The number of carbonyl (C=O) groups is 1. The van der Waals surface area contributed by atoms with Crippen LogP contribution in [0.3, 0.4) is 0 Å². The van der Waals surface area contributed by atoms with Crippen molar-refractivity contribution in [3.8, 4) is 0 Å². The van der Waals surface area contributed by atoms with Crippen LogP contribution in [0.4, 0.5) is 11.5 Å². The van der Waals surface area contributed by atoms with Crippen molar-refractivity contribution >= 4 is 28.7 Å². The van der Waals surface area contributed by atoms with E-state index < -0.39 is 0 Å². The molecule has 1 aliphatic heterocycles. The van der Waals surface area contributed by atoms with Crippen molar-refractivity contribution in [1.82, 2.24) is 4.98 Å². The number of amides is 1. The molecule has 24 heavy (non-hydrogen) atoms. The first kappa shape index (κ1) is 16.9. The van der Waals surface area contributed by atoms with Crippen LogP contribution in [-0.2, 0) is 11.2 Å². The average molecular weight is 345 g/mol. The molecule has 0 bridgehead atoms. The smallest absolute Gasteiger partial charge is 0.265 e. The van der Waals surface area contributed by atoms with E-state index in [4.69, 9.17) is 4.74 Å². The number of rotatable bonds is 5. The Balaban J connectivity index is 1.64. The number of carbonyl (C=O) groups excluding carboxylic acids is 1. The normalized spacial score (nSPS) is 14.7. The molecule has 0 unspecified atom stereocenters. The predicted molar refractivity (Wildman–Crippen MR) is 98.3 cm³/mol. The van der Waals surface area contributed by atoms with Crippen LogP contribution < -0.4 is 10.2 Å². The Kier molecular flexibility index (Phi) is 5.48. The number of hydrogen-bond donors (Lipinski definition) is 1. The Morgan fingerprint density at radius 1 is 1.38 bits per heavy atom. The van der Waals surface area contributed by atoms with E-state index in [-0.39, 0.29) is 5.91 Å². The number of thiophene rings is 1. The van der Waals surface area contributed by atoms with Crippen molar-refractivity contribution in [2.45, 2.75) is 26.7 Å². The maximum absolute atomic E-state index is 12.4. The molecule has 128 valence electrons. The predicted octanol–water partition coefficient (Wildman–Crippen LogP) is 3.49. The Morgan fingerprint density at radius 3 is 2.83 bits per heavy atom. The van der Waals surface area contributed by atoms with Crippen molar-refractivity contribution in [2.24, 2.45) is 0 Å². The van der Waals surface area contributed by atoms with E-state index in [0.717, 1.165) is 55.5 Å². The Bertz CT molecular complexity index is 691. The van der Waals surface area contributed by atoms with Gasteiger partial charge in [0.05, 0.1) is 30.0 Å². The summed E-state index contributed by atoms with van der Waals surface area (Å²) in [7, 11) is 0. The van der Waals surface area contributed by atoms with Crippen LogP contribution in [0, 0.1) is 6.92 Å². The van der Waals surface area contributed by atoms with Crippen molar-refractivity contribution in [3.63, 3.8) is 0 Å². The fourth-order valence-corrected chi connectivity index (χ4v) is 3.75. The minimum atomic E-state index is -0.0635. The van der Waals surface area contributed by atoms with Crippen molar-refractivity contribution in [3.05, 3.63) is 39.7 Å². The van der Waals surface area contributed by atoms with Crippen molar-refractivity contribution in [1.29, 1.82) is 0 Å². The molecule has 0 saturated carbocycles. The highest BCUT2D eigenvalue weighted by Gasteiger charge is 2.14. The Morgan fingerprint density at radius 2 is 2.17 bits per heavy atom. The van der Waals surface area contributed by atoms with Gasteiger partial charge in [-0.05, 0) is 37.1 Å². The summed E-state index contributed by atoms with van der Waals surface area (Å²) in [4.78, 5) is 21.0. The first-order chi connectivity index (χ1) is 11.7. The Hall–Kier alpha value is -1.92. The SMILES string of the molecule is CCCc1cc(C(=O)Nc2ccc(N3CCOCC3)nc2)sc1C. The third-order valence-corrected chi connectivity index (χ3v) is 5.20. The number of nitrogens with one attached hydrogen (secondary N) is 1. The van der Waals surface area contributed by atoms with Crippen LogP contribution >= 0.6 is 11.3 Å². The molecule has 1 N–H and O–H groups in total.